The molecule has 2 atom stereocenters. The van der Waals surface area contributed by atoms with E-state index in [2.05, 4.69) is 0 Å². The Kier molecular flexibility index (Phi) is 5.45. The average molecular weight is 269 g/mol. The summed E-state index contributed by atoms with van der Waals surface area (Å²) in [5.41, 5.74) is 0.495. The van der Waals surface area contributed by atoms with E-state index in [0.29, 0.717) is 5.56 Å². The third kappa shape index (κ3) is 3.15. The van der Waals surface area contributed by atoms with E-state index in [1.54, 1.807) is 30.3 Å². The van der Waals surface area contributed by atoms with Gasteiger partial charge in [0.05, 0.1) is 6.61 Å². The summed E-state index contributed by atoms with van der Waals surface area (Å²) in [6.07, 6.45) is 1.65. The van der Waals surface area contributed by atoms with Crippen LogP contribution in [0.3, 0.4) is 0 Å². The Labute approximate surface area is 108 Å². The fraction of sp³-hybridized carbons (Fsp3) is 0.462. The standard InChI is InChI=1S/C13H17O4P/c1-3-4-10-17-12(14)13(2,18(15)16)11-8-6-5-7-9-11/h5-9H,3-4,10H2,1-2H3/p+1. The van der Waals surface area contributed by atoms with Crippen LogP contribution in [0, 0.1) is 0 Å². The van der Waals surface area contributed by atoms with Crippen LogP contribution in [0.15, 0.2) is 30.3 Å². The smallest absolute Gasteiger partial charge is 0.462 e. The summed E-state index contributed by atoms with van der Waals surface area (Å²) in [6.45, 7) is 3.70. The molecule has 0 aromatic heterocycles. The first-order chi connectivity index (χ1) is 8.53. The number of esters is 1. The molecule has 1 rings (SSSR count). The summed E-state index contributed by atoms with van der Waals surface area (Å²) in [4.78, 5) is 21.5. The lowest BCUT2D eigenvalue weighted by Crippen LogP contribution is -2.31. The van der Waals surface area contributed by atoms with Gasteiger partial charge in [-0.3, -0.25) is 0 Å². The minimum atomic E-state index is -2.71. The maximum atomic E-state index is 12.0. The average Bonchev–Trinajstić information content (AvgIpc) is 2.38. The summed E-state index contributed by atoms with van der Waals surface area (Å²) in [7, 11) is -2.71. The second-order valence-corrected chi connectivity index (χ2v) is 5.64. The molecule has 0 fully saturated rings. The molecule has 0 amide bonds. The molecule has 0 saturated heterocycles. The summed E-state index contributed by atoms with van der Waals surface area (Å²) in [5, 5.41) is -1.50. The zero-order chi connectivity index (χ0) is 13.6. The lowest BCUT2D eigenvalue weighted by Gasteiger charge is -2.15. The molecule has 1 N–H and O–H groups in total. The van der Waals surface area contributed by atoms with Crippen molar-refractivity contribution in [3.63, 3.8) is 0 Å². The minimum Gasteiger partial charge on any atom is -0.462 e. The van der Waals surface area contributed by atoms with Crippen LogP contribution >= 0.6 is 8.03 Å². The second-order valence-electron chi connectivity index (χ2n) is 4.20. The van der Waals surface area contributed by atoms with E-state index in [1.807, 2.05) is 6.92 Å². The van der Waals surface area contributed by atoms with Crippen molar-refractivity contribution in [2.75, 3.05) is 6.61 Å². The van der Waals surface area contributed by atoms with Gasteiger partial charge in [-0.1, -0.05) is 43.7 Å². The molecule has 0 radical (unpaired) electrons. The predicted octanol–water partition coefficient (Wildman–Crippen LogP) is 2.98. The van der Waals surface area contributed by atoms with Crippen molar-refractivity contribution in [2.45, 2.75) is 31.8 Å². The number of rotatable bonds is 6. The highest BCUT2D eigenvalue weighted by Crippen LogP contribution is 2.45. The molecule has 18 heavy (non-hydrogen) atoms. The van der Waals surface area contributed by atoms with Crippen molar-refractivity contribution in [3.05, 3.63) is 35.9 Å². The Morgan fingerprint density at radius 3 is 2.50 bits per heavy atom. The molecule has 4 nitrogen and oxygen atoms in total. The molecule has 1 aromatic carbocycles. The van der Waals surface area contributed by atoms with Crippen LogP contribution in [0.5, 0.6) is 0 Å². The van der Waals surface area contributed by atoms with Crippen LogP contribution in [0.25, 0.3) is 0 Å². The van der Waals surface area contributed by atoms with Crippen molar-refractivity contribution in [1.29, 1.82) is 0 Å². The fourth-order valence-electron chi connectivity index (χ4n) is 1.52. The van der Waals surface area contributed by atoms with E-state index in [9.17, 15) is 14.3 Å². The molecule has 0 spiro atoms. The van der Waals surface area contributed by atoms with Gasteiger partial charge < -0.3 is 4.74 Å². The predicted molar refractivity (Wildman–Crippen MR) is 69.5 cm³/mol. The number of carbonyl (C=O) groups excluding carboxylic acids is 1. The molecule has 5 heteroatoms. The number of hydrogen-bond donors (Lipinski definition) is 1. The highest BCUT2D eigenvalue weighted by molar-refractivity contribution is 7.41. The zero-order valence-electron chi connectivity index (χ0n) is 10.6. The van der Waals surface area contributed by atoms with Gasteiger partial charge in [-0.2, -0.15) is 4.89 Å². The van der Waals surface area contributed by atoms with Gasteiger partial charge in [0.25, 0.3) is 0 Å². The molecule has 0 heterocycles. The van der Waals surface area contributed by atoms with Gasteiger partial charge in [0, 0.05) is 12.5 Å². The quantitative estimate of drug-likeness (QED) is 0.490. The van der Waals surface area contributed by atoms with Crippen LogP contribution in [-0.2, 0) is 19.3 Å². The van der Waals surface area contributed by atoms with E-state index in [4.69, 9.17) is 4.74 Å². The molecular formula is C13H18O4P+. The van der Waals surface area contributed by atoms with Crippen molar-refractivity contribution in [3.8, 4) is 0 Å². The van der Waals surface area contributed by atoms with Gasteiger partial charge in [0.2, 0.25) is 0 Å². The number of carbonyl (C=O) groups is 1. The van der Waals surface area contributed by atoms with Crippen molar-refractivity contribution < 1.29 is 19.0 Å². The first-order valence-electron chi connectivity index (χ1n) is 5.92. The van der Waals surface area contributed by atoms with E-state index in [1.165, 1.54) is 6.92 Å². The summed E-state index contributed by atoms with van der Waals surface area (Å²) >= 11 is 0. The highest BCUT2D eigenvalue weighted by atomic mass is 31.1. The molecule has 0 aliphatic heterocycles. The third-order valence-corrected chi connectivity index (χ3v) is 4.05. The summed E-state index contributed by atoms with van der Waals surface area (Å²) in [5.74, 6) is -0.647. The van der Waals surface area contributed by atoms with Crippen molar-refractivity contribution >= 4 is 14.0 Å². The van der Waals surface area contributed by atoms with E-state index < -0.39 is 19.2 Å². The molecule has 0 saturated carbocycles. The molecule has 98 valence electrons. The van der Waals surface area contributed by atoms with Crippen LogP contribution in [0.2, 0.25) is 0 Å². The monoisotopic (exact) mass is 269 g/mol. The van der Waals surface area contributed by atoms with Gasteiger partial charge in [0.1, 0.15) is 0 Å². The Balaban J connectivity index is 2.94. The van der Waals surface area contributed by atoms with Crippen LogP contribution in [-0.4, -0.2) is 17.5 Å². The first kappa shape index (κ1) is 14.8. The Morgan fingerprint density at radius 2 is 2.00 bits per heavy atom. The second kappa shape index (κ2) is 6.62. The summed E-state index contributed by atoms with van der Waals surface area (Å²) < 4.78 is 16.6. The SMILES string of the molecule is CCCCOC(=O)C(C)(c1ccccc1)[P+](=O)O. The fourth-order valence-corrected chi connectivity index (χ4v) is 2.11. The number of benzene rings is 1. The van der Waals surface area contributed by atoms with Gasteiger partial charge >= 0.3 is 19.2 Å². The van der Waals surface area contributed by atoms with Gasteiger partial charge in [-0.05, 0) is 11.0 Å². The van der Waals surface area contributed by atoms with Crippen LogP contribution in [0.4, 0.5) is 0 Å². The minimum absolute atomic E-state index is 0.279. The lowest BCUT2D eigenvalue weighted by atomic mass is 10.0. The third-order valence-electron chi connectivity index (χ3n) is 2.85. The maximum absolute atomic E-state index is 12.0. The van der Waals surface area contributed by atoms with Crippen LogP contribution < -0.4 is 0 Å². The largest absolute Gasteiger partial charge is 0.528 e. The molecule has 0 aliphatic carbocycles. The molecule has 0 aliphatic rings. The lowest BCUT2D eigenvalue weighted by molar-refractivity contribution is -0.147. The van der Waals surface area contributed by atoms with Crippen molar-refractivity contribution in [1.82, 2.24) is 0 Å². The summed E-state index contributed by atoms with van der Waals surface area (Å²) in [6, 6.07) is 8.56. The van der Waals surface area contributed by atoms with Gasteiger partial charge in [-0.25, -0.2) is 4.79 Å². The van der Waals surface area contributed by atoms with E-state index in [0.717, 1.165) is 12.8 Å². The molecule has 1 aromatic rings. The Hall–Kier alpha value is -1.25. The molecular weight excluding hydrogens is 251 g/mol. The number of unbranched alkanes of at least 4 members (excludes halogenated alkanes) is 1. The Morgan fingerprint density at radius 1 is 1.39 bits per heavy atom. The molecule has 0 bridgehead atoms. The molecule has 2 unspecified atom stereocenters. The zero-order valence-corrected chi connectivity index (χ0v) is 11.5. The first-order valence-corrected chi connectivity index (χ1v) is 7.13. The maximum Gasteiger partial charge on any atom is 0.528 e. The van der Waals surface area contributed by atoms with E-state index >= 15 is 0 Å². The van der Waals surface area contributed by atoms with Gasteiger partial charge in [-0.15, -0.1) is 0 Å². The van der Waals surface area contributed by atoms with Crippen LogP contribution in [0.1, 0.15) is 32.3 Å². The number of hydrogen-bond acceptors (Lipinski definition) is 3. The van der Waals surface area contributed by atoms with Crippen molar-refractivity contribution in [2.24, 2.45) is 0 Å². The topological polar surface area (TPSA) is 63.6 Å². The number of ether oxygens (including phenoxy) is 1. The highest BCUT2D eigenvalue weighted by Gasteiger charge is 2.55. The Bertz CT molecular complexity index is 418. The normalized spacial score (nSPS) is 14.7. The van der Waals surface area contributed by atoms with E-state index in [-0.39, 0.29) is 6.61 Å². The van der Waals surface area contributed by atoms with Gasteiger partial charge in [0.15, 0.2) is 0 Å².